The van der Waals surface area contributed by atoms with Gasteiger partial charge in [-0.05, 0) is 37.4 Å². The van der Waals surface area contributed by atoms with Crippen LogP contribution in [-0.4, -0.2) is 27.7 Å². The molecule has 0 aliphatic heterocycles. The summed E-state index contributed by atoms with van der Waals surface area (Å²) >= 11 is 0. The summed E-state index contributed by atoms with van der Waals surface area (Å²) < 4.78 is 18.1. The van der Waals surface area contributed by atoms with Gasteiger partial charge >= 0.3 is 0 Å². The Balaban J connectivity index is 1.71. The number of hydrogen-bond acceptors (Lipinski definition) is 5. The van der Waals surface area contributed by atoms with Crippen LogP contribution in [0.5, 0.6) is 0 Å². The highest BCUT2D eigenvalue weighted by molar-refractivity contribution is 5.47. The quantitative estimate of drug-likeness (QED) is 0.876. The van der Waals surface area contributed by atoms with Crippen LogP contribution in [0, 0.1) is 11.7 Å². The average molecular weight is 276 g/mol. The molecule has 1 fully saturated rings. The minimum absolute atomic E-state index is 0.376. The van der Waals surface area contributed by atoms with Crippen molar-refractivity contribution in [2.75, 3.05) is 6.54 Å². The second-order valence-electron chi connectivity index (χ2n) is 5.08. The first-order chi connectivity index (χ1) is 9.76. The largest absolute Gasteiger partial charge is 0.339 e. The first kappa shape index (κ1) is 13.2. The Morgan fingerprint density at radius 3 is 2.95 bits per heavy atom. The second-order valence-corrected chi connectivity index (χ2v) is 5.08. The molecule has 3 rings (SSSR count). The molecular formula is C14H17FN4O. The van der Waals surface area contributed by atoms with Crippen LogP contribution in [0.4, 0.5) is 4.39 Å². The Bertz CT molecular complexity index is 565. The van der Waals surface area contributed by atoms with Crippen molar-refractivity contribution in [1.29, 1.82) is 0 Å². The standard InChI is InChI=1S/C14H17FN4O/c1-2-16-12(9-3-4-9)7-13-18-14(19-20-13)11-6-5-10(15)8-17-11/h5-6,8-9,12,16H,2-4,7H2,1H3. The monoisotopic (exact) mass is 276 g/mol. The molecule has 2 aromatic heterocycles. The maximum atomic E-state index is 12.8. The van der Waals surface area contributed by atoms with Gasteiger partial charge in [0, 0.05) is 12.5 Å². The van der Waals surface area contributed by atoms with Crippen molar-refractivity contribution in [3.8, 4) is 11.5 Å². The summed E-state index contributed by atoms with van der Waals surface area (Å²) in [7, 11) is 0. The molecule has 1 saturated carbocycles. The highest BCUT2D eigenvalue weighted by atomic mass is 19.1. The van der Waals surface area contributed by atoms with Crippen LogP contribution < -0.4 is 5.32 Å². The van der Waals surface area contributed by atoms with E-state index in [0.29, 0.717) is 29.4 Å². The molecule has 2 heterocycles. The van der Waals surface area contributed by atoms with E-state index in [1.165, 1.54) is 18.9 Å². The van der Waals surface area contributed by atoms with Gasteiger partial charge < -0.3 is 9.84 Å². The predicted octanol–water partition coefficient (Wildman–Crippen LogP) is 2.20. The summed E-state index contributed by atoms with van der Waals surface area (Å²) in [4.78, 5) is 8.29. The van der Waals surface area contributed by atoms with E-state index < -0.39 is 0 Å². The average Bonchev–Trinajstić information content (AvgIpc) is 3.20. The first-order valence-electron chi connectivity index (χ1n) is 6.94. The zero-order valence-corrected chi connectivity index (χ0v) is 11.3. The Kier molecular flexibility index (Phi) is 3.73. The minimum Gasteiger partial charge on any atom is -0.339 e. The fourth-order valence-corrected chi connectivity index (χ4v) is 2.30. The fourth-order valence-electron chi connectivity index (χ4n) is 2.30. The molecule has 1 atom stereocenters. The van der Waals surface area contributed by atoms with Crippen molar-refractivity contribution >= 4 is 0 Å². The van der Waals surface area contributed by atoms with E-state index in [1.54, 1.807) is 6.07 Å². The molecule has 6 heteroatoms. The van der Waals surface area contributed by atoms with Gasteiger partial charge in [-0.15, -0.1) is 0 Å². The highest BCUT2D eigenvalue weighted by Crippen LogP contribution is 2.34. The molecule has 0 spiro atoms. The molecule has 5 nitrogen and oxygen atoms in total. The molecule has 1 unspecified atom stereocenters. The zero-order valence-electron chi connectivity index (χ0n) is 11.3. The number of rotatable bonds is 6. The van der Waals surface area contributed by atoms with Crippen molar-refractivity contribution in [3.63, 3.8) is 0 Å². The third-order valence-electron chi connectivity index (χ3n) is 3.48. The molecule has 1 aliphatic carbocycles. The predicted molar refractivity (Wildman–Crippen MR) is 71.4 cm³/mol. The van der Waals surface area contributed by atoms with E-state index >= 15 is 0 Å². The van der Waals surface area contributed by atoms with Gasteiger partial charge in [0.15, 0.2) is 0 Å². The van der Waals surface area contributed by atoms with Gasteiger partial charge in [-0.25, -0.2) is 9.37 Å². The van der Waals surface area contributed by atoms with Crippen LogP contribution in [0.3, 0.4) is 0 Å². The first-order valence-corrected chi connectivity index (χ1v) is 6.94. The molecule has 1 aliphatic rings. The lowest BCUT2D eigenvalue weighted by Gasteiger charge is -2.14. The lowest BCUT2D eigenvalue weighted by atomic mass is 10.1. The van der Waals surface area contributed by atoms with E-state index in [0.717, 1.165) is 19.2 Å². The third kappa shape index (κ3) is 3.01. The summed E-state index contributed by atoms with van der Waals surface area (Å²) in [5.74, 6) is 1.35. The smallest absolute Gasteiger partial charge is 0.228 e. The Labute approximate surface area is 116 Å². The number of halogens is 1. The second kappa shape index (κ2) is 5.66. The third-order valence-corrected chi connectivity index (χ3v) is 3.48. The molecule has 20 heavy (non-hydrogen) atoms. The molecule has 0 amide bonds. The van der Waals surface area contributed by atoms with Crippen LogP contribution in [0.25, 0.3) is 11.5 Å². The summed E-state index contributed by atoms with van der Waals surface area (Å²) in [5, 5.41) is 7.37. The summed E-state index contributed by atoms with van der Waals surface area (Å²) in [6.45, 7) is 3.03. The van der Waals surface area contributed by atoms with Gasteiger partial charge in [-0.2, -0.15) is 4.98 Å². The molecule has 0 bridgehead atoms. The van der Waals surface area contributed by atoms with Gasteiger partial charge in [0.05, 0.1) is 6.20 Å². The maximum absolute atomic E-state index is 12.8. The fraction of sp³-hybridized carbons (Fsp3) is 0.500. The molecule has 0 saturated heterocycles. The SMILES string of the molecule is CCNC(Cc1nc(-c2ccc(F)cn2)no1)C1CC1. The number of nitrogens with one attached hydrogen (secondary N) is 1. The zero-order chi connectivity index (χ0) is 13.9. The van der Waals surface area contributed by atoms with Crippen molar-refractivity contribution in [2.24, 2.45) is 5.92 Å². The molecule has 106 valence electrons. The van der Waals surface area contributed by atoms with Gasteiger partial charge in [-0.1, -0.05) is 12.1 Å². The van der Waals surface area contributed by atoms with Crippen LogP contribution >= 0.6 is 0 Å². The van der Waals surface area contributed by atoms with E-state index in [9.17, 15) is 4.39 Å². The van der Waals surface area contributed by atoms with Crippen molar-refractivity contribution in [2.45, 2.75) is 32.2 Å². The van der Waals surface area contributed by atoms with Gasteiger partial charge in [-0.3, -0.25) is 0 Å². The Morgan fingerprint density at radius 1 is 1.45 bits per heavy atom. The number of pyridine rings is 1. The van der Waals surface area contributed by atoms with Crippen LogP contribution in [0.1, 0.15) is 25.7 Å². The Morgan fingerprint density at radius 2 is 2.30 bits per heavy atom. The van der Waals surface area contributed by atoms with Crippen LogP contribution in [0.2, 0.25) is 0 Å². The van der Waals surface area contributed by atoms with Gasteiger partial charge in [0.2, 0.25) is 11.7 Å². The molecule has 1 N–H and O–H groups in total. The minimum atomic E-state index is -0.376. The van der Waals surface area contributed by atoms with Crippen LogP contribution in [0.15, 0.2) is 22.9 Å². The van der Waals surface area contributed by atoms with Gasteiger partial charge in [0.1, 0.15) is 11.5 Å². The summed E-state index contributed by atoms with van der Waals surface area (Å²) in [5.41, 5.74) is 0.521. The van der Waals surface area contributed by atoms with Crippen molar-refractivity contribution in [1.82, 2.24) is 20.4 Å². The van der Waals surface area contributed by atoms with E-state index in [4.69, 9.17) is 4.52 Å². The van der Waals surface area contributed by atoms with Gasteiger partial charge in [0.25, 0.3) is 0 Å². The summed E-state index contributed by atoms with van der Waals surface area (Å²) in [6, 6.07) is 3.28. The number of aromatic nitrogens is 3. The molecular weight excluding hydrogens is 259 g/mol. The van der Waals surface area contributed by atoms with E-state index in [-0.39, 0.29) is 5.82 Å². The van der Waals surface area contributed by atoms with E-state index in [2.05, 4.69) is 27.4 Å². The Hall–Kier alpha value is -1.82. The lowest BCUT2D eigenvalue weighted by molar-refractivity contribution is 0.348. The maximum Gasteiger partial charge on any atom is 0.228 e. The number of likely N-dealkylation sites (N-methyl/N-ethyl adjacent to an activating group) is 1. The lowest BCUT2D eigenvalue weighted by Crippen LogP contribution is -2.33. The highest BCUT2D eigenvalue weighted by Gasteiger charge is 2.32. The topological polar surface area (TPSA) is 63.8 Å². The summed E-state index contributed by atoms with van der Waals surface area (Å²) in [6.07, 6.45) is 4.40. The van der Waals surface area contributed by atoms with Crippen molar-refractivity contribution in [3.05, 3.63) is 30.0 Å². The molecule has 2 aromatic rings. The van der Waals surface area contributed by atoms with E-state index in [1.807, 2.05) is 0 Å². The van der Waals surface area contributed by atoms with Crippen LogP contribution in [-0.2, 0) is 6.42 Å². The normalized spacial score (nSPS) is 16.3. The molecule has 0 radical (unpaired) electrons. The number of hydrogen-bond donors (Lipinski definition) is 1. The van der Waals surface area contributed by atoms with Crippen molar-refractivity contribution < 1.29 is 8.91 Å². The molecule has 0 aromatic carbocycles. The number of nitrogens with zero attached hydrogens (tertiary/aromatic N) is 3.